The predicted octanol–water partition coefficient (Wildman–Crippen LogP) is 3.17. The van der Waals surface area contributed by atoms with E-state index in [1.807, 2.05) is 0 Å². The Hall–Kier alpha value is -2.24. The van der Waals surface area contributed by atoms with E-state index in [1.54, 1.807) is 24.4 Å². The Morgan fingerprint density at radius 1 is 1.28 bits per heavy atom. The Balaban J connectivity index is 1.31. The normalized spacial score (nSPS) is 21.2. The van der Waals surface area contributed by atoms with E-state index in [2.05, 4.69) is 15.6 Å². The van der Waals surface area contributed by atoms with Gasteiger partial charge in [-0.2, -0.15) is 0 Å². The van der Waals surface area contributed by atoms with Crippen LogP contribution >= 0.6 is 0 Å². The van der Waals surface area contributed by atoms with Crippen LogP contribution in [0.3, 0.4) is 0 Å². The molecule has 1 heterocycles. The highest BCUT2D eigenvalue weighted by molar-refractivity contribution is 5.91. The number of carbonyl (C=O) groups excluding carboxylic acids is 1. The number of benzene rings is 1. The lowest BCUT2D eigenvalue weighted by atomic mass is 9.84. The van der Waals surface area contributed by atoms with E-state index in [0.29, 0.717) is 16.9 Å². The van der Waals surface area contributed by atoms with Crippen molar-refractivity contribution in [3.05, 3.63) is 47.5 Å². The summed E-state index contributed by atoms with van der Waals surface area (Å²) < 4.78 is 15.2. The Morgan fingerprint density at radius 2 is 2.08 bits per heavy atom. The minimum atomic E-state index is -0.282. The van der Waals surface area contributed by atoms with Gasteiger partial charge in [0.25, 0.3) is 5.91 Å². The van der Waals surface area contributed by atoms with Crippen LogP contribution in [0.1, 0.15) is 54.6 Å². The fourth-order valence-corrected chi connectivity index (χ4v) is 4.18. The largest absolute Gasteiger partial charge is 0.350 e. The van der Waals surface area contributed by atoms with Gasteiger partial charge in [-0.25, -0.2) is 9.07 Å². The molecule has 2 aromatic rings. The zero-order chi connectivity index (χ0) is 17.3. The second-order valence-corrected chi connectivity index (χ2v) is 7.43. The van der Waals surface area contributed by atoms with Crippen molar-refractivity contribution in [1.82, 2.24) is 20.3 Å². The minimum absolute atomic E-state index is 0.197. The molecule has 1 spiro atoms. The van der Waals surface area contributed by atoms with E-state index in [1.165, 1.54) is 49.3 Å². The van der Waals surface area contributed by atoms with Gasteiger partial charge in [-0.05, 0) is 36.7 Å². The average molecular weight is 342 g/mol. The molecule has 25 heavy (non-hydrogen) atoms. The standard InChI is InChI=1S/C19H23FN4O/c20-16-7-3-2-6-14(16)12-24-13-17(22-23-24)18(25)21-11-15-10-19(15)8-4-1-5-9-19/h2-3,6-7,13,15H,1,4-5,8-12H2,(H,21,25). The van der Waals surface area contributed by atoms with Gasteiger partial charge in [0.05, 0.1) is 12.7 Å². The highest BCUT2D eigenvalue weighted by Crippen LogP contribution is 2.60. The van der Waals surface area contributed by atoms with Crippen LogP contribution in [0.5, 0.6) is 0 Å². The van der Waals surface area contributed by atoms with Crippen LogP contribution in [0.4, 0.5) is 4.39 Å². The van der Waals surface area contributed by atoms with Crippen LogP contribution < -0.4 is 5.32 Å². The maximum atomic E-state index is 13.7. The molecule has 2 saturated carbocycles. The molecule has 1 atom stereocenters. The van der Waals surface area contributed by atoms with Crippen LogP contribution in [-0.4, -0.2) is 27.4 Å². The third kappa shape index (κ3) is 3.43. The van der Waals surface area contributed by atoms with Crippen molar-refractivity contribution < 1.29 is 9.18 Å². The van der Waals surface area contributed by atoms with Crippen molar-refractivity contribution >= 4 is 5.91 Å². The number of aromatic nitrogens is 3. The number of carbonyl (C=O) groups is 1. The maximum Gasteiger partial charge on any atom is 0.273 e. The molecule has 2 aliphatic rings. The molecule has 1 N–H and O–H groups in total. The van der Waals surface area contributed by atoms with E-state index in [0.717, 1.165) is 6.54 Å². The maximum absolute atomic E-state index is 13.7. The number of hydrogen-bond donors (Lipinski definition) is 1. The number of hydrogen-bond acceptors (Lipinski definition) is 3. The zero-order valence-electron chi connectivity index (χ0n) is 14.2. The van der Waals surface area contributed by atoms with Crippen molar-refractivity contribution in [1.29, 1.82) is 0 Å². The smallest absolute Gasteiger partial charge is 0.273 e. The van der Waals surface area contributed by atoms with Gasteiger partial charge in [-0.3, -0.25) is 4.79 Å². The van der Waals surface area contributed by atoms with Crippen LogP contribution in [0.2, 0.25) is 0 Å². The van der Waals surface area contributed by atoms with Gasteiger partial charge in [0, 0.05) is 12.1 Å². The first-order valence-corrected chi connectivity index (χ1v) is 9.08. The third-order valence-electron chi connectivity index (χ3n) is 5.78. The first kappa shape index (κ1) is 16.2. The molecule has 5 nitrogen and oxygen atoms in total. The van der Waals surface area contributed by atoms with Gasteiger partial charge < -0.3 is 5.32 Å². The Bertz CT molecular complexity index is 766. The summed E-state index contributed by atoms with van der Waals surface area (Å²) in [7, 11) is 0. The summed E-state index contributed by atoms with van der Waals surface area (Å²) >= 11 is 0. The van der Waals surface area contributed by atoms with Gasteiger partial charge in [-0.15, -0.1) is 5.10 Å². The Kier molecular flexibility index (Phi) is 4.27. The predicted molar refractivity (Wildman–Crippen MR) is 91.5 cm³/mol. The fourth-order valence-electron chi connectivity index (χ4n) is 4.18. The first-order valence-electron chi connectivity index (χ1n) is 9.08. The highest BCUT2D eigenvalue weighted by atomic mass is 19.1. The second kappa shape index (κ2) is 6.58. The molecule has 0 bridgehead atoms. The summed E-state index contributed by atoms with van der Waals surface area (Å²) in [5.74, 6) is 0.137. The second-order valence-electron chi connectivity index (χ2n) is 7.43. The van der Waals surface area contributed by atoms with Gasteiger partial charge in [0.1, 0.15) is 5.82 Å². The summed E-state index contributed by atoms with van der Waals surface area (Å²) in [6, 6.07) is 6.54. The van der Waals surface area contributed by atoms with Crippen LogP contribution in [0.25, 0.3) is 0 Å². The van der Waals surface area contributed by atoms with E-state index >= 15 is 0 Å². The van der Waals surface area contributed by atoms with Crippen molar-refractivity contribution in [3.8, 4) is 0 Å². The summed E-state index contributed by atoms with van der Waals surface area (Å²) in [4.78, 5) is 12.3. The van der Waals surface area contributed by atoms with Gasteiger partial charge >= 0.3 is 0 Å². The molecule has 2 fully saturated rings. The molecule has 1 aromatic carbocycles. The topological polar surface area (TPSA) is 59.8 Å². The molecular weight excluding hydrogens is 319 g/mol. The monoisotopic (exact) mass is 342 g/mol. The minimum Gasteiger partial charge on any atom is -0.350 e. The summed E-state index contributed by atoms with van der Waals surface area (Å²) in [5.41, 5.74) is 1.32. The number of halogens is 1. The molecule has 0 saturated heterocycles. The first-order chi connectivity index (χ1) is 12.2. The summed E-state index contributed by atoms with van der Waals surface area (Å²) in [6.45, 7) is 0.984. The van der Waals surface area contributed by atoms with E-state index in [4.69, 9.17) is 0 Å². The number of nitrogens with one attached hydrogen (secondary N) is 1. The highest BCUT2D eigenvalue weighted by Gasteiger charge is 2.53. The lowest BCUT2D eigenvalue weighted by Crippen LogP contribution is -2.28. The van der Waals surface area contributed by atoms with Crippen LogP contribution in [0, 0.1) is 17.2 Å². The molecule has 132 valence electrons. The van der Waals surface area contributed by atoms with Crippen molar-refractivity contribution in [3.63, 3.8) is 0 Å². The summed E-state index contributed by atoms with van der Waals surface area (Å²) in [6.07, 6.45) is 9.45. The molecular formula is C19H23FN4O. The lowest BCUT2D eigenvalue weighted by molar-refractivity contribution is 0.0944. The number of rotatable bonds is 5. The molecule has 0 radical (unpaired) electrons. The van der Waals surface area contributed by atoms with E-state index in [-0.39, 0.29) is 24.0 Å². The Labute approximate surface area is 146 Å². The molecule has 4 rings (SSSR count). The van der Waals surface area contributed by atoms with E-state index < -0.39 is 0 Å². The fraction of sp³-hybridized carbons (Fsp3) is 0.526. The molecule has 1 unspecified atom stereocenters. The SMILES string of the molecule is O=C(NCC1CC12CCCCC2)c1cn(Cc2ccccc2F)nn1. The van der Waals surface area contributed by atoms with Crippen molar-refractivity contribution in [2.24, 2.45) is 11.3 Å². The molecule has 2 aliphatic carbocycles. The summed E-state index contributed by atoms with van der Waals surface area (Å²) in [5, 5.41) is 10.9. The van der Waals surface area contributed by atoms with Gasteiger partial charge in [0.2, 0.25) is 0 Å². The number of nitrogens with zero attached hydrogens (tertiary/aromatic N) is 3. The lowest BCUT2D eigenvalue weighted by Gasteiger charge is -2.22. The van der Waals surface area contributed by atoms with Gasteiger partial charge in [-0.1, -0.05) is 42.7 Å². The molecule has 6 heteroatoms. The number of amides is 1. The van der Waals surface area contributed by atoms with Crippen molar-refractivity contribution in [2.45, 2.75) is 45.1 Å². The van der Waals surface area contributed by atoms with Crippen molar-refractivity contribution in [2.75, 3.05) is 6.54 Å². The molecule has 1 amide bonds. The molecule has 1 aromatic heterocycles. The molecule has 0 aliphatic heterocycles. The Morgan fingerprint density at radius 3 is 2.88 bits per heavy atom. The van der Waals surface area contributed by atoms with E-state index in [9.17, 15) is 9.18 Å². The quantitative estimate of drug-likeness (QED) is 0.908. The van der Waals surface area contributed by atoms with Crippen LogP contribution in [-0.2, 0) is 6.54 Å². The third-order valence-corrected chi connectivity index (χ3v) is 5.78. The average Bonchev–Trinajstić information content (AvgIpc) is 3.06. The zero-order valence-corrected chi connectivity index (χ0v) is 14.2. The van der Waals surface area contributed by atoms with Gasteiger partial charge in [0.15, 0.2) is 5.69 Å². The van der Waals surface area contributed by atoms with Crippen LogP contribution in [0.15, 0.2) is 30.5 Å².